The Morgan fingerprint density at radius 2 is 1.68 bits per heavy atom. The average Bonchev–Trinajstić information content (AvgIpc) is 2.59. The van der Waals surface area contributed by atoms with Crippen LogP contribution in [0.4, 0.5) is 0 Å². The second-order valence-corrected chi connectivity index (χ2v) is 7.26. The van der Waals surface area contributed by atoms with Gasteiger partial charge in [0.05, 0.1) is 5.41 Å². The van der Waals surface area contributed by atoms with Gasteiger partial charge in [-0.25, -0.2) is 0 Å². The van der Waals surface area contributed by atoms with E-state index in [-0.39, 0.29) is 17.6 Å². The summed E-state index contributed by atoms with van der Waals surface area (Å²) < 4.78 is 0. The minimum atomic E-state index is -0.535. The zero-order valence-electron chi connectivity index (χ0n) is 14.8. The normalized spacial score (nSPS) is 16.9. The maximum atomic E-state index is 12.3. The number of likely N-dealkylation sites (tertiary alicyclic amines) is 1. The molecule has 134 valence electrons. The van der Waals surface area contributed by atoms with Crippen molar-refractivity contribution >= 4 is 29.3 Å². The van der Waals surface area contributed by atoms with Gasteiger partial charge in [0, 0.05) is 6.54 Å². The summed E-state index contributed by atoms with van der Waals surface area (Å²) in [7, 11) is 0. The highest BCUT2D eigenvalue weighted by molar-refractivity contribution is 6.65. The summed E-state index contributed by atoms with van der Waals surface area (Å²) in [6, 6.07) is 16.8. The van der Waals surface area contributed by atoms with Crippen molar-refractivity contribution in [3.63, 3.8) is 0 Å². The van der Waals surface area contributed by atoms with Gasteiger partial charge in [-0.15, -0.1) is 12.4 Å². The maximum absolute atomic E-state index is 12.3. The molecule has 0 aromatic heterocycles. The average molecular weight is 378 g/mol. The van der Waals surface area contributed by atoms with Gasteiger partial charge in [0.2, 0.25) is 5.24 Å². The topological polar surface area (TPSA) is 20.3 Å². The van der Waals surface area contributed by atoms with Crippen LogP contribution in [-0.4, -0.2) is 23.2 Å². The van der Waals surface area contributed by atoms with E-state index in [9.17, 15) is 4.79 Å². The van der Waals surface area contributed by atoms with Crippen molar-refractivity contribution in [3.8, 4) is 0 Å². The Morgan fingerprint density at radius 1 is 1.04 bits per heavy atom. The first-order valence-corrected chi connectivity index (χ1v) is 8.93. The van der Waals surface area contributed by atoms with E-state index in [2.05, 4.69) is 61.2 Å². The molecule has 1 saturated heterocycles. The van der Waals surface area contributed by atoms with Gasteiger partial charge in [-0.1, -0.05) is 48.5 Å². The fourth-order valence-corrected chi connectivity index (χ4v) is 3.87. The zero-order chi connectivity index (χ0) is 17.2. The van der Waals surface area contributed by atoms with Crippen LogP contribution in [0.25, 0.3) is 0 Å². The molecule has 4 heteroatoms. The fraction of sp³-hybridized carbons (Fsp3) is 0.381. The largest absolute Gasteiger partial charge is 0.299 e. The van der Waals surface area contributed by atoms with Gasteiger partial charge in [0.1, 0.15) is 0 Å². The van der Waals surface area contributed by atoms with Crippen LogP contribution in [0, 0.1) is 13.8 Å². The van der Waals surface area contributed by atoms with E-state index in [0.717, 1.165) is 38.0 Å². The maximum Gasteiger partial charge on any atom is 0.232 e. The van der Waals surface area contributed by atoms with Crippen LogP contribution in [-0.2, 0) is 16.8 Å². The minimum absolute atomic E-state index is 0. The molecule has 0 spiro atoms. The summed E-state index contributed by atoms with van der Waals surface area (Å²) in [6.07, 6.45) is 1.56. The molecule has 1 aliphatic rings. The van der Waals surface area contributed by atoms with Crippen molar-refractivity contribution < 1.29 is 4.79 Å². The highest BCUT2D eigenvalue weighted by Gasteiger charge is 2.42. The van der Waals surface area contributed by atoms with Crippen molar-refractivity contribution in [2.45, 2.75) is 38.6 Å². The molecule has 1 aliphatic heterocycles. The molecule has 0 saturated carbocycles. The quantitative estimate of drug-likeness (QED) is 0.696. The van der Waals surface area contributed by atoms with Gasteiger partial charge in [-0.05, 0) is 73.6 Å². The SMILES string of the molecule is Cc1ccc(C2(C(=O)Cl)CCN(Cc3ccccc3)CC2)cc1C.Cl. The number of carbonyl (C=O) groups is 1. The van der Waals surface area contributed by atoms with Crippen LogP contribution < -0.4 is 0 Å². The van der Waals surface area contributed by atoms with Gasteiger partial charge in [0.15, 0.2) is 0 Å². The predicted octanol–water partition coefficient (Wildman–Crippen LogP) is 5.02. The van der Waals surface area contributed by atoms with E-state index in [0.29, 0.717) is 0 Å². The van der Waals surface area contributed by atoms with Gasteiger partial charge in [0.25, 0.3) is 0 Å². The zero-order valence-corrected chi connectivity index (χ0v) is 16.4. The summed E-state index contributed by atoms with van der Waals surface area (Å²) in [5.74, 6) is 0. The minimum Gasteiger partial charge on any atom is -0.299 e. The summed E-state index contributed by atoms with van der Waals surface area (Å²) >= 11 is 6.09. The number of halogens is 2. The van der Waals surface area contributed by atoms with Crippen molar-refractivity contribution in [1.82, 2.24) is 4.90 Å². The number of rotatable bonds is 4. The molecule has 0 atom stereocenters. The molecular weight excluding hydrogens is 353 g/mol. The Bertz CT molecular complexity index is 722. The van der Waals surface area contributed by atoms with E-state index in [1.807, 2.05) is 6.07 Å². The second kappa shape index (κ2) is 8.35. The summed E-state index contributed by atoms with van der Waals surface area (Å²) in [5.41, 5.74) is 4.32. The van der Waals surface area contributed by atoms with E-state index in [1.165, 1.54) is 16.7 Å². The standard InChI is InChI=1S/C21H24ClNO.ClH/c1-16-8-9-19(14-17(16)2)21(20(22)24)10-12-23(13-11-21)15-18-6-4-3-5-7-18;/h3-9,14H,10-13,15H2,1-2H3;1H. The van der Waals surface area contributed by atoms with Gasteiger partial charge in [-0.2, -0.15) is 0 Å². The Morgan fingerprint density at radius 3 is 2.24 bits per heavy atom. The third kappa shape index (κ3) is 4.25. The molecule has 0 N–H and O–H groups in total. The number of benzene rings is 2. The van der Waals surface area contributed by atoms with Crippen molar-refractivity contribution in [3.05, 3.63) is 70.8 Å². The van der Waals surface area contributed by atoms with E-state index in [4.69, 9.17) is 11.6 Å². The van der Waals surface area contributed by atoms with Gasteiger partial charge >= 0.3 is 0 Å². The number of aryl methyl sites for hydroxylation is 2. The molecule has 1 heterocycles. The van der Waals surface area contributed by atoms with Crippen LogP contribution >= 0.6 is 24.0 Å². The van der Waals surface area contributed by atoms with Crippen molar-refractivity contribution in [2.75, 3.05) is 13.1 Å². The molecule has 0 amide bonds. The van der Waals surface area contributed by atoms with Crippen LogP contribution in [0.3, 0.4) is 0 Å². The number of hydrogen-bond donors (Lipinski definition) is 0. The molecule has 2 aromatic rings. The van der Waals surface area contributed by atoms with Crippen LogP contribution in [0.15, 0.2) is 48.5 Å². The molecule has 25 heavy (non-hydrogen) atoms. The van der Waals surface area contributed by atoms with E-state index in [1.54, 1.807) is 0 Å². The molecule has 2 aromatic carbocycles. The second-order valence-electron chi connectivity index (χ2n) is 6.92. The van der Waals surface area contributed by atoms with E-state index < -0.39 is 5.41 Å². The predicted molar refractivity (Wildman–Crippen MR) is 107 cm³/mol. The lowest BCUT2D eigenvalue weighted by Crippen LogP contribution is -2.45. The summed E-state index contributed by atoms with van der Waals surface area (Å²) in [5, 5.41) is -0.217. The Balaban J connectivity index is 0.00000225. The summed E-state index contributed by atoms with van der Waals surface area (Å²) in [6.45, 7) is 6.90. The smallest absolute Gasteiger partial charge is 0.232 e. The van der Waals surface area contributed by atoms with E-state index >= 15 is 0 Å². The van der Waals surface area contributed by atoms with Crippen LogP contribution in [0.5, 0.6) is 0 Å². The lowest BCUT2D eigenvalue weighted by molar-refractivity contribution is -0.118. The first-order chi connectivity index (χ1) is 11.5. The van der Waals surface area contributed by atoms with Crippen LogP contribution in [0.2, 0.25) is 0 Å². The highest BCUT2D eigenvalue weighted by Crippen LogP contribution is 2.38. The lowest BCUT2D eigenvalue weighted by Gasteiger charge is -2.40. The Hall–Kier alpha value is -1.35. The summed E-state index contributed by atoms with van der Waals surface area (Å²) in [4.78, 5) is 14.7. The number of piperidine rings is 1. The van der Waals surface area contributed by atoms with Crippen molar-refractivity contribution in [2.24, 2.45) is 0 Å². The first kappa shape index (κ1) is 20.0. The van der Waals surface area contributed by atoms with Crippen LogP contribution in [0.1, 0.15) is 35.1 Å². The molecular formula is C21H25Cl2NO. The number of hydrogen-bond acceptors (Lipinski definition) is 2. The Kier molecular flexibility index (Phi) is 6.67. The Labute approximate surface area is 161 Å². The number of carbonyl (C=O) groups excluding carboxylic acids is 1. The van der Waals surface area contributed by atoms with Gasteiger partial charge in [-0.3, -0.25) is 9.69 Å². The number of nitrogens with zero attached hydrogens (tertiary/aromatic N) is 1. The fourth-order valence-electron chi connectivity index (χ4n) is 3.57. The molecule has 0 radical (unpaired) electrons. The molecule has 0 unspecified atom stereocenters. The molecule has 0 bridgehead atoms. The third-order valence-corrected chi connectivity index (χ3v) is 5.76. The highest BCUT2D eigenvalue weighted by atomic mass is 35.5. The molecule has 1 fully saturated rings. The first-order valence-electron chi connectivity index (χ1n) is 8.55. The monoisotopic (exact) mass is 377 g/mol. The van der Waals surface area contributed by atoms with Gasteiger partial charge < -0.3 is 0 Å². The third-order valence-electron chi connectivity index (χ3n) is 5.39. The molecule has 3 rings (SSSR count). The molecule has 0 aliphatic carbocycles. The van der Waals surface area contributed by atoms with Crippen molar-refractivity contribution in [1.29, 1.82) is 0 Å². The lowest BCUT2D eigenvalue weighted by atomic mass is 9.73. The molecule has 2 nitrogen and oxygen atoms in total.